The van der Waals surface area contributed by atoms with Crippen LogP contribution in [0.3, 0.4) is 0 Å². The van der Waals surface area contributed by atoms with Crippen LogP contribution in [0.5, 0.6) is 0 Å². The molecule has 0 aliphatic carbocycles. The zero-order valence-electron chi connectivity index (χ0n) is 7.36. The number of sulfone groups is 1. The standard InChI is InChI=1S/C7H12ClNO3S/c1-9(7(10)4-8)6-2-3-13(11,12)5-6/h6H,2-5H2,1H3. The zero-order valence-corrected chi connectivity index (χ0v) is 8.94. The number of amides is 1. The van der Waals surface area contributed by atoms with Crippen LogP contribution in [0.15, 0.2) is 0 Å². The molecule has 1 saturated heterocycles. The average molecular weight is 226 g/mol. The molecule has 0 aromatic heterocycles. The molecule has 1 heterocycles. The predicted octanol–water partition coefficient (Wildman–Crippen LogP) is -0.129. The molecule has 0 bridgehead atoms. The fourth-order valence-electron chi connectivity index (χ4n) is 1.38. The van der Waals surface area contributed by atoms with Crippen molar-refractivity contribution in [3.63, 3.8) is 0 Å². The van der Waals surface area contributed by atoms with Crippen LogP contribution >= 0.6 is 11.6 Å². The Bertz CT molecular complexity index is 301. The Morgan fingerprint density at radius 2 is 2.23 bits per heavy atom. The number of rotatable bonds is 2. The zero-order chi connectivity index (χ0) is 10.1. The van der Waals surface area contributed by atoms with Gasteiger partial charge in [-0.3, -0.25) is 4.79 Å². The fraction of sp³-hybridized carbons (Fsp3) is 0.857. The molecule has 1 unspecified atom stereocenters. The van der Waals surface area contributed by atoms with Gasteiger partial charge in [0.05, 0.1) is 11.5 Å². The van der Waals surface area contributed by atoms with E-state index in [1.807, 2.05) is 0 Å². The van der Waals surface area contributed by atoms with Gasteiger partial charge in [0.25, 0.3) is 0 Å². The summed E-state index contributed by atoms with van der Waals surface area (Å²) >= 11 is 5.36. The lowest BCUT2D eigenvalue weighted by atomic mass is 10.2. The van der Waals surface area contributed by atoms with E-state index in [-0.39, 0.29) is 29.3 Å². The largest absolute Gasteiger partial charge is 0.341 e. The van der Waals surface area contributed by atoms with Crippen LogP contribution in [0.1, 0.15) is 6.42 Å². The minimum absolute atomic E-state index is 0.0755. The Morgan fingerprint density at radius 1 is 1.62 bits per heavy atom. The Morgan fingerprint density at radius 3 is 2.62 bits per heavy atom. The van der Waals surface area contributed by atoms with Crippen molar-refractivity contribution in [1.29, 1.82) is 0 Å². The quantitative estimate of drug-likeness (QED) is 0.616. The molecule has 0 spiro atoms. The van der Waals surface area contributed by atoms with E-state index in [1.165, 1.54) is 4.90 Å². The van der Waals surface area contributed by atoms with Gasteiger partial charge in [-0.1, -0.05) is 0 Å². The van der Waals surface area contributed by atoms with Gasteiger partial charge in [0.1, 0.15) is 5.88 Å². The molecule has 4 nitrogen and oxygen atoms in total. The average Bonchev–Trinajstić information content (AvgIpc) is 2.43. The lowest BCUT2D eigenvalue weighted by Crippen LogP contribution is -2.38. The Kier molecular flexibility index (Phi) is 3.18. The van der Waals surface area contributed by atoms with Crippen LogP contribution in [0.4, 0.5) is 0 Å². The first-order chi connectivity index (χ1) is 5.96. The van der Waals surface area contributed by atoms with Crippen LogP contribution in [-0.4, -0.2) is 49.7 Å². The second-order valence-corrected chi connectivity index (χ2v) is 5.69. The predicted molar refractivity (Wildman–Crippen MR) is 50.5 cm³/mol. The number of alkyl halides is 1. The maximum atomic E-state index is 11.1. The van der Waals surface area contributed by atoms with Crippen molar-refractivity contribution >= 4 is 27.3 Å². The van der Waals surface area contributed by atoms with Gasteiger partial charge in [-0.25, -0.2) is 8.42 Å². The maximum Gasteiger partial charge on any atom is 0.237 e. The van der Waals surface area contributed by atoms with Crippen molar-refractivity contribution in [2.24, 2.45) is 0 Å². The summed E-state index contributed by atoms with van der Waals surface area (Å²) in [5.41, 5.74) is 0. The number of nitrogens with zero attached hydrogens (tertiary/aromatic N) is 1. The number of hydrogen-bond acceptors (Lipinski definition) is 3. The van der Waals surface area contributed by atoms with Crippen LogP contribution in [0, 0.1) is 0 Å². The lowest BCUT2D eigenvalue weighted by molar-refractivity contribution is -0.128. The molecular weight excluding hydrogens is 214 g/mol. The second-order valence-electron chi connectivity index (χ2n) is 3.20. The summed E-state index contributed by atoms with van der Waals surface area (Å²) < 4.78 is 22.2. The summed E-state index contributed by atoms with van der Waals surface area (Å²) in [4.78, 5) is 12.5. The van der Waals surface area contributed by atoms with Gasteiger partial charge in [-0.2, -0.15) is 0 Å². The van der Waals surface area contributed by atoms with Crippen molar-refractivity contribution in [1.82, 2.24) is 4.90 Å². The van der Waals surface area contributed by atoms with E-state index in [0.29, 0.717) is 6.42 Å². The molecule has 0 saturated carbocycles. The molecule has 0 radical (unpaired) electrons. The topological polar surface area (TPSA) is 54.5 Å². The molecule has 6 heteroatoms. The smallest absolute Gasteiger partial charge is 0.237 e. The number of carbonyl (C=O) groups is 1. The minimum atomic E-state index is -2.92. The van der Waals surface area contributed by atoms with Gasteiger partial charge < -0.3 is 4.90 Å². The molecule has 0 aromatic rings. The van der Waals surface area contributed by atoms with E-state index in [1.54, 1.807) is 7.05 Å². The van der Waals surface area contributed by atoms with Crippen LogP contribution in [-0.2, 0) is 14.6 Å². The maximum absolute atomic E-state index is 11.1. The van der Waals surface area contributed by atoms with Gasteiger partial charge in [0.15, 0.2) is 9.84 Å². The molecule has 1 fully saturated rings. The highest BCUT2D eigenvalue weighted by Gasteiger charge is 2.32. The molecule has 1 amide bonds. The molecule has 1 aliphatic heterocycles. The third-order valence-electron chi connectivity index (χ3n) is 2.26. The first-order valence-electron chi connectivity index (χ1n) is 3.98. The van der Waals surface area contributed by atoms with Crippen molar-refractivity contribution in [2.75, 3.05) is 24.4 Å². The first-order valence-corrected chi connectivity index (χ1v) is 6.34. The summed E-state index contributed by atoms with van der Waals surface area (Å²) in [6.45, 7) is 0. The number of carbonyl (C=O) groups excluding carboxylic acids is 1. The van der Waals surface area contributed by atoms with E-state index in [4.69, 9.17) is 11.6 Å². The van der Waals surface area contributed by atoms with Crippen LogP contribution in [0.25, 0.3) is 0 Å². The van der Waals surface area contributed by atoms with E-state index in [9.17, 15) is 13.2 Å². The Labute approximate surface area is 82.8 Å². The summed E-state index contributed by atoms with van der Waals surface area (Å²) in [7, 11) is -1.33. The van der Waals surface area contributed by atoms with Gasteiger partial charge in [0, 0.05) is 13.1 Å². The Hall–Kier alpha value is -0.290. The van der Waals surface area contributed by atoms with Crippen molar-refractivity contribution in [3.05, 3.63) is 0 Å². The first kappa shape index (κ1) is 10.8. The van der Waals surface area contributed by atoms with E-state index in [2.05, 4.69) is 0 Å². The van der Waals surface area contributed by atoms with Gasteiger partial charge in [-0.05, 0) is 6.42 Å². The highest BCUT2D eigenvalue weighted by molar-refractivity contribution is 7.91. The highest BCUT2D eigenvalue weighted by Crippen LogP contribution is 2.16. The molecule has 0 N–H and O–H groups in total. The van der Waals surface area contributed by atoms with Gasteiger partial charge in [0.2, 0.25) is 5.91 Å². The summed E-state index contributed by atoms with van der Waals surface area (Å²) in [5.74, 6) is -0.0553. The monoisotopic (exact) mass is 225 g/mol. The second kappa shape index (κ2) is 3.84. The van der Waals surface area contributed by atoms with Crippen molar-refractivity contribution < 1.29 is 13.2 Å². The van der Waals surface area contributed by atoms with Gasteiger partial charge in [-0.15, -0.1) is 11.6 Å². The van der Waals surface area contributed by atoms with Crippen molar-refractivity contribution in [2.45, 2.75) is 12.5 Å². The molecule has 1 rings (SSSR count). The van der Waals surface area contributed by atoms with Crippen LogP contribution in [0.2, 0.25) is 0 Å². The summed E-state index contributed by atoms with van der Waals surface area (Å²) in [6, 6.07) is -0.184. The molecule has 0 aromatic carbocycles. The van der Waals surface area contributed by atoms with Gasteiger partial charge >= 0.3 is 0 Å². The highest BCUT2D eigenvalue weighted by atomic mass is 35.5. The number of halogens is 1. The van der Waals surface area contributed by atoms with Crippen LogP contribution < -0.4 is 0 Å². The van der Waals surface area contributed by atoms with Crippen molar-refractivity contribution in [3.8, 4) is 0 Å². The molecular formula is C7H12ClNO3S. The number of hydrogen-bond donors (Lipinski definition) is 0. The van der Waals surface area contributed by atoms with E-state index in [0.717, 1.165) is 0 Å². The van der Waals surface area contributed by atoms with E-state index < -0.39 is 9.84 Å². The van der Waals surface area contributed by atoms with E-state index >= 15 is 0 Å². The Balaban J connectivity index is 2.61. The normalized spacial score (nSPS) is 25.8. The lowest BCUT2D eigenvalue weighted by Gasteiger charge is -2.22. The SMILES string of the molecule is CN(C(=O)CCl)C1CCS(=O)(=O)C1. The molecule has 76 valence electrons. The molecule has 13 heavy (non-hydrogen) atoms. The third kappa shape index (κ3) is 2.57. The summed E-state index contributed by atoms with van der Waals surface area (Å²) in [5, 5.41) is 0. The fourth-order valence-corrected chi connectivity index (χ4v) is 3.34. The minimum Gasteiger partial charge on any atom is -0.341 e. The molecule has 1 atom stereocenters. The molecule has 1 aliphatic rings. The summed E-state index contributed by atoms with van der Waals surface area (Å²) in [6.07, 6.45) is 0.529. The third-order valence-corrected chi connectivity index (χ3v) is 4.24.